The smallest absolute Gasteiger partial charge is 0.312 e. The molecule has 3 rings (SSSR count). The molecule has 1 unspecified atom stereocenters. The van der Waals surface area contributed by atoms with Crippen molar-refractivity contribution >= 4 is 11.9 Å². The van der Waals surface area contributed by atoms with Gasteiger partial charge in [-0.05, 0) is 17.7 Å². The van der Waals surface area contributed by atoms with E-state index in [2.05, 4.69) is 0 Å². The van der Waals surface area contributed by atoms with E-state index >= 15 is 0 Å². The third-order valence-electron chi connectivity index (χ3n) is 4.14. The maximum absolute atomic E-state index is 12.5. The van der Waals surface area contributed by atoms with Gasteiger partial charge in [0, 0.05) is 19.8 Å². The highest BCUT2D eigenvalue weighted by Crippen LogP contribution is 2.33. The summed E-state index contributed by atoms with van der Waals surface area (Å²) in [5.74, 6) is -0.845. The number of nitrogens with zero attached hydrogens (tertiary/aromatic N) is 2. The maximum atomic E-state index is 12.5. The van der Waals surface area contributed by atoms with Gasteiger partial charge >= 0.3 is 5.97 Å². The van der Waals surface area contributed by atoms with Crippen LogP contribution in [0.5, 0.6) is 0 Å². The highest BCUT2D eigenvalue weighted by molar-refractivity contribution is 5.93. The molecule has 5 nitrogen and oxygen atoms in total. The van der Waals surface area contributed by atoms with Crippen LogP contribution in [0.3, 0.4) is 0 Å². The molecule has 1 aliphatic heterocycles. The van der Waals surface area contributed by atoms with Gasteiger partial charge in [-0.2, -0.15) is 0 Å². The van der Waals surface area contributed by atoms with E-state index in [9.17, 15) is 9.59 Å². The van der Waals surface area contributed by atoms with Crippen LogP contribution >= 0.6 is 0 Å². The van der Waals surface area contributed by atoms with Crippen molar-refractivity contribution in [2.75, 3.05) is 20.7 Å². The lowest BCUT2D eigenvalue weighted by Crippen LogP contribution is -2.35. The third kappa shape index (κ3) is 2.28. The number of hydrogen-bond donors (Lipinski definition) is 0. The lowest BCUT2D eigenvalue weighted by molar-refractivity contribution is -0.146. The number of rotatable bonds is 2. The molecule has 1 aliphatic rings. The number of benzene rings is 1. The van der Waals surface area contributed by atoms with E-state index in [1.165, 1.54) is 7.11 Å². The monoisotopic (exact) mass is 298 g/mol. The van der Waals surface area contributed by atoms with Gasteiger partial charge in [-0.1, -0.05) is 30.3 Å². The number of aromatic nitrogens is 1. The Kier molecular flexibility index (Phi) is 3.71. The first-order chi connectivity index (χ1) is 10.6. The van der Waals surface area contributed by atoms with E-state index < -0.39 is 5.92 Å². The highest BCUT2D eigenvalue weighted by Gasteiger charge is 2.38. The Labute approximate surface area is 129 Å². The number of esters is 1. The molecule has 1 amide bonds. The Hall–Kier alpha value is -2.56. The number of ether oxygens (including phenoxy) is 1. The molecule has 2 atom stereocenters. The molecule has 5 heteroatoms. The lowest BCUT2D eigenvalue weighted by Gasteiger charge is -2.26. The lowest BCUT2D eigenvalue weighted by atomic mass is 9.92. The van der Waals surface area contributed by atoms with E-state index in [0.717, 1.165) is 5.56 Å². The van der Waals surface area contributed by atoms with Gasteiger partial charge in [-0.25, -0.2) is 0 Å². The van der Waals surface area contributed by atoms with Gasteiger partial charge in [0.25, 0.3) is 5.91 Å². The van der Waals surface area contributed by atoms with Crippen LogP contribution in [0.1, 0.15) is 22.1 Å². The molecule has 1 aromatic carbocycles. The molecule has 114 valence electrons. The predicted molar refractivity (Wildman–Crippen MR) is 81.5 cm³/mol. The second-order valence-electron chi connectivity index (χ2n) is 5.47. The van der Waals surface area contributed by atoms with Crippen molar-refractivity contribution in [1.29, 1.82) is 0 Å². The minimum absolute atomic E-state index is 0.0858. The molecule has 2 aromatic rings. The average molecular weight is 298 g/mol. The fraction of sp³-hybridized carbons (Fsp3) is 0.294. The van der Waals surface area contributed by atoms with Gasteiger partial charge in [0.15, 0.2) is 0 Å². The van der Waals surface area contributed by atoms with E-state index in [1.54, 1.807) is 18.0 Å². The zero-order valence-corrected chi connectivity index (χ0v) is 12.6. The predicted octanol–water partition coefficient (Wildman–Crippen LogP) is 1.95. The van der Waals surface area contributed by atoms with Crippen molar-refractivity contribution in [3.8, 4) is 0 Å². The number of carbonyl (C=O) groups is 2. The zero-order valence-electron chi connectivity index (χ0n) is 12.6. The quantitative estimate of drug-likeness (QED) is 0.796. The molecule has 0 radical (unpaired) electrons. The van der Waals surface area contributed by atoms with Crippen molar-refractivity contribution in [3.63, 3.8) is 0 Å². The third-order valence-corrected chi connectivity index (χ3v) is 4.14. The van der Waals surface area contributed by atoms with E-state index in [4.69, 9.17) is 4.74 Å². The largest absolute Gasteiger partial charge is 0.469 e. The van der Waals surface area contributed by atoms with Gasteiger partial charge in [0.1, 0.15) is 5.69 Å². The second-order valence-corrected chi connectivity index (χ2v) is 5.47. The minimum Gasteiger partial charge on any atom is -0.469 e. The molecule has 0 fully saturated rings. The second kappa shape index (κ2) is 5.67. The molecule has 1 aromatic heterocycles. The van der Waals surface area contributed by atoms with Gasteiger partial charge in [0.2, 0.25) is 0 Å². The number of carbonyl (C=O) groups excluding carboxylic acids is 2. The average Bonchev–Trinajstić information content (AvgIpc) is 2.99. The van der Waals surface area contributed by atoms with Crippen LogP contribution in [-0.4, -0.2) is 42.0 Å². The van der Waals surface area contributed by atoms with Gasteiger partial charge < -0.3 is 14.2 Å². The van der Waals surface area contributed by atoms with Crippen LogP contribution in [0, 0.1) is 5.92 Å². The first-order valence-corrected chi connectivity index (χ1v) is 7.18. The summed E-state index contributed by atoms with van der Waals surface area (Å²) in [6.07, 6.45) is 1.85. The molecule has 0 spiro atoms. The molecule has 0 saturated heterocycles. The van der Waals surface area contributed by atoms with E-state index in [1.807, 2.05) is 47.2 Å². The van der Waals surface area contributed by atoms with E-state index in [-0.39, 0.29) is 17.9 Å². The highest BCUT2D eigenvalue weighted by atomic mass is 16.5. The minimum atomic E-state index is -0.449. The molecular weight excluding hydrogens is 280 g/mol. The SMILES string of the molecule is COC(=O)[C@H]1CN(C)C(=O)c2cccn2C1c1ccccc1. The standard InChI is InChI=1S/C17H18N2O3/c1-18-11-13(17(21)22-2)15(12-7-4-3-5-8-12)19-10-6-9-14(19)16(18)20/h3-10,13,15H,11H2,1-2H3/t13-,15?/m0/s1. The van der Waals surface area contributed by atoms with Crippen LogP contribution in [0.2, 0.25) is 0 Å². The summed E-state index contributed by atoms with van der Waals surface area (Å²) >= 11 is 0. The van der Waals surface area contributed by atoms with E-state index in [0.29, 0.717) is 12.2 Å². The maximum Gasteiger partial charge on any atom is 0.312 e. The van der Waals surface area contributed by atoms with Gasteiger partial charge in [-0.15, -0.1) is 0 Å². The number of hydrogen-bond acceptors (Lipinski definition) is 3. The molecular formula is C17H18N2O3. The first-order valence-electron chi connectivity index (χ1n) is 7.18. The molecule has 22 heavy (non-hydrogen) atoms. The van der Waals surface area contributed by atoms with Crippen LogP contribution in [0.25, 0.3) is 0 Å². The molecule has 0 N–H and O–H groups in total. The van der Waals surface area contributed by atoms with Crippen molar-refractivity contribution < 1.29 is 14.3 Å². The Morgan fingerprint density at radius 3 is 2.59 bits per heavy atom. The van der Waals surface area contributed by atoms with Crippen LogP contribution in [0.15, 0.2) is 48.7 Å². The van der Waals surface area contributed by atoms with Crippen LogP contribution in [0.4, 0.5) is 0 Å². The summed E-state index contributed by atoms with van der Waals surface area (Å²) in [6.45, 7) is 0.326. The van der Waals surface area contributed by atoms with Gasteiger partial charge in [0.05, 0.1) is 19.1 Å². The normalized spacial score (nSPS) is 21.2. The fourth-order valence-corrected chi connectivity index (χ4v) is 3.08. The van der Waals surface area contributed by atoms with Crippen molar-refractivity contribution in [2.24, 2.45) is 5.92 Å². The van der Waals surface area contributed by atoms with Crippen LogP contribution < -0.4 is 0 Å². The summed E-state index contributed by atoms with van der Waals surface area (Å²) in [7, 11) is 3.09. The first kappa shape index (κ1) is 14.4. The Morgan fingerprint density at radius 1 is 1.18 bits per heavy atom. The molecule has 0 aliphatic carbocycles. The van der Waals surface area contributed by atoms with Gasteiger partial charge in [-0.3, -0.25) is 9.59 Å². The molecule has 2 heterocycles. The summed E-state index contributed by atoms with van der Waals surface area (Å²) in [6, 6.07) is 13.1. The summed E-state index contributed by atoms with van der Waals surface area (Å²) < 4.78 is 6.86. The Bertz CT molecular complexity index is 693. The van der Waals surface area contributed by atoms with Crippen molar-refractivity contribution in [1.82, 2.24) is 9.47 Å². The Balaban J connectivity index is 2.18. The number of amides is 1. The summed E-state index contributed by atoms with van der Waals surface area (Å²) in [4.78, 5) is 26.4. The molecule has 0 saturated carbocycles. The number of fused-ring (bicyclic) bond motifs is 1. The van der Waals surface area contributed by atoms with Crippen molar-refractivity contribution in [2.45, 2.75) is 6.04 Å². The van der Waals surface area contributed by atoms with Crippen molar-refractivity contribution in [3.05, 3.63) is 59.9 Å². The molecule has 0 bridgehead atoms. The number of methoxy groups -OCH3 is 1. The fourth-order valence-electron chi connectivity index (χ4n) is 3.08. The zero-order chi connectivity index (χ0) is 15.7. The van der Waals surface area contributed by atoms with Crippen LogP contribution in [-0.2, 0) is 9.53 Å². The Morgan fingerprint density at radius 2 is 1.91 bits per heavy atom. The summed E-state index contributed by atoms with van der Waals surface area (Å²) in [5, 5.41) is 0. The summed E-state index contributed by atoms with van der Waals surface area (Å²) in [5.41, 5.74) is 1.57. The topological polar surface area (TPSA) is 51.5 Å².